The lowest BCUT2D eigenvalue weighted by Crippen LogP contribution is -2.57. The van der Waals surface area contributed by atoms with E-state index in [9.17, 15) is 21.6 Å². The van der Waals surface area contributed by atoms with E-state index in [1.165, 1.54) is 4.31 Å². The van der Waals surface area contributed by atoms with Gasteiger partial charge in [-0.15, -0.1) is 0 Å². The number of nitrogens with one attached hydrogen (secondary N) is 1. The van der Waals surface area contributed by atoms with Crippen LogP contribution in [0.3, 0.4) is 0 Å². The van der Waals surface area contributed by atoms with Gasteiger partial charge in [-0.1, -0.05) is 0 Å². The van der Waals surface area contributed by atoms with Crippen molar-refractivity contribution >= 4 is 10.0 Å². The van der Waals surface area contributed by atoms with E-state index in [1.807, 2.05) is 0 Å². The van der Waals surface area contributed by atoms with E-state index < -0.39 is 21.8 Å². The predicted molar refractivity (Wildman–Crippen MR) is 72.3 cm³/mol. The van der Waals surface area contributed by atoms with Crippen LogP contribution in [0.25, 0.3) is 0 Å². The number of hydrogen-bond acceptors (Lipinski definition) is 3. The zero-order chi connectivity index (χ0) is 15.8. The second-order valence-corrected chi connectivity index (χ2v) is 7.06. The summed E-state index contributed by atoms with van der Waals surface area (Å²) in [5, 5.41) is 3.11. The van der Waals surface area contributed by atoms with Crippen molar-refractivity contribution in [2.75, 3.05) is 13.1 Å². The van der Waals surface area contributed by atoms with E-state index >= 15 is 0 Å². The van der Waals surface area contributed by atoms with Gasteiger partial charge in [-0.05, 0) is 38.1 Å². The number of sulfonamides is 1. The topological polar surface area (TPSA) is 49.4 Å². The lowest BCUT2D eigenvalue weighted by Gasteiger charge is -2.38. The Kier molecular flexibility index (Phi) is 4.32. The molecule has 21 heavy (non-hydrogen) atoms. The van der Waals surface area contributed by atoms with Gasteiger partial charge in [0.15, 0.2) is 0 Å². The van der Waals surface area contributed by atoms with E-state index in [0.717, 1.165) is 24.3 Å². The minimum atomic E-state index is -4.47. The van der Waals surface area contributed by atoms with Gasteiger partial charge in [0.1, 0.15) is 0 Å². The third kappa shape index (κ3) is 3.22. The normalized spacial score (nSPS) is 25.0. The average molecular weight is 322 g/mol. The van der Waals surface area contributed by atoms with Crippen molar-refractivity contribution in [2.45, 2.75) is 37.0 Å². The zero-order valence-corrected chi connectivity index (χ0v) is 12.5. The number of alkyl halides is 3. The molecule has 0 bridgehead atoms. The molecule has 0 spiro atoms. The van der Waals surface area contributed by atoms with Crippen molar-refractivity contribution in [3.63, 3.8) is 0 Å². The molecule has 0 amide bonds. The monoisotopic (exact) mass is 322 g/mol. The molecular weight excluding hydrogens is 305 g/mol. The summed E-state index contributed by atoms with van der Waals surface area (Å²) in [6.07, 6.45) is -4.47. The SMILES string of the molecule is CC1CNCC(C)N1S(=O)(=O)c1ccc(C(F)(F)F)cc1. The fraction of sp³-hybridized carbons (Fsp3) is 0.538. The minimum Gasteiger partial charge on any atom is -0.314 e. The van der Waals surface area contributed by atoms with Crippen LogP contribution in [0.15, 0.2) is 29.2 Å². The van der Waals surface area contributed by atoms with Crippen LogP contribution < -0.4 is 5.32 Å². The highest BCUT2D eigenvalue weighted by molar-refractivity contribution is 7.89. The Hall–Kier alpha value is -1.12. The maximum absolute atomic E-state index is 12.6. The zero-order valence-electron chi connectivity index (χ0n) is 11.7. The summed E-state index contributed by atoms with van der Waals surface area (Å²) in [5.41, 5.74) is -0.858. The molecular formula is C13H17F3N2O2S. The smallest absolute Gasteiger partial charge is 0.314 e. The van der Waals surface area contributed by atoms with Crippen LogP contribution in [0.2, 0.25) is 0 Å². The molecule has 1 aliphatic rings. The number of halogens is 3. The van der Waals surface area contributed by atoms with Crippen molar-refractivity contribution in [2.24, 2.45) is 0 Å². The van der Waals surface area contributed by atoms with Crippen molar-refractivity contribution in [1.82, 2.24) is 9.62 Å². The summed E-state index contributed by atoms with van der Waals surface area (Å²) < 4.78 is 64.1. The molecule has 1 fully saturated rings. The molecule has 0 radical (unpaired) electrons. The molecule has 0 aliphatic carbocycles. The molecule has 2 unspecified atom stereocenters. The molecule has 2 rings (SSSR count). The van der Waals surface area contributed by atoms with Crippen molar-refractivity contribution in [3.8, 4) is 0 Å². The van der Waals surface area contributed by atoms with E-state index in [2.05, 4.69) is 5.32 Å². The molecule has 1 N–H and O–H groups in total. The fourth-order valence-corrected chi connectivity index (χ4v) is 4.35. The quantitative estimate of drug-likeness (QED) is 0.907. The van der Waals surface area contributed by atoms with Gasteiger partial charge in [0.25, 0.3) is 0 Å². The van der Waals surface area contributed by atoms with E-state index in [0.29, 0.717) is 13.1 Å². The molecule has 1 aromatic rings. The largest absolute Gasteiger partial charge is 0.416 e. The average Bonchev–Trinajstić information content (AvgIpc) is 2.37. The Balaban J connectivity index is 2.35. The van der Waals surface area contributed by atoms with Crippen LogP contribution in [0.5, 0.6) is 0 Å². The summed E-state index contributed by atoms with van der Waals surface area (Å²) in [5.74, 6) is 0. The highest BCUT2D eigenvalue weighted by Gasteiger charge is 2.36. The summed E-state index contributed by atoms with van der Waals surface area (Å²) in [6, 6.07) is 3.12. The first kappa shape index (κ1) is 16.3. The first-order chi connectivity index (χ1) is 9.64. The van der Waals surface area contributed by atoms with Crippen LogP contribution in [0.4, 0.5) is 13.2 Å². The molecule has 1 aromatic carbocycles. The highest BCUT2D eigenvalue weighted by Crippen LogP contribution is 2.31. The van der Waals surface area contributed by atoms with Crippen LogP contribution >= 0.6 is 0 Å². The first-order valence-corrected chi connectivity index (χ1v) is 7.99. The molecule has 0 saturated carbocycles. The van der Waals surface area contributed by atoms with Crippen LogP contribution in [-0.2, 0) is 16.2 Å². The highest BCUT2D eigenvalue weighted by atomic mass is 32.2. The van der Waals surface area contributed by atoms with Crippen molar-refractivity contribution in [3.05, 3.63) is 29.8 Å². The van der Waals surface area contributed by atoms with Gasteiger partial charge in [-0.3, -0.25) is 0 Å². The van der Waals surface area contributed by atoms with Gasteiger partial charge in [-0.25, -0.2) is 8.42 Å². The van der Waals surface area contributed by atoms with Gasteiger partial charge in [-0.2, -0.15) is 17.5 Å². The third-order valence-corrected chi connectivity index (χ3v) is 5.65. The van der Waals surface area contributed by atoms with Gasteiger partial charge >= 0.3 is 6.18 Å². The number of rotatable bonds is 2. The Morgan fingerprint density at radius 3 is 2.00 bits per heavy atom. The molecule has 118 valence electrons. The third-order valence-electron chi connectivity index (χ3n) is 3.51. The molecule has 1 saturated heterocycles. The molecule has 4 nitrogen and oxygen atoms in total. The van der Waals surface area contributed by atoms with E-state index in [1.54, 1.807) is 13.8 Å². The Morgan fingerprint density at radius 2 is 1.57 bits per heavy atom. The summed E-state index contributed by atoms with van der Waals surface area (Å²) in [6.45, 7) is 4.57. The maximum Gasteiger partial charge on any atom is 0.416 e. The number of piperazine rings is 1. The van der Waals surface area contributed by atoms with E-state index in [4.69, 9.17) is 0 Å². The minimum absolute atomic E-state index is 0.115. The van der Waals surface area contributed by atoms with Crippen LogP contribution in [0, 0.1) is 0 Å². The van der Waals surface area contributed by atoms with E-state index in [-0.39, 0.29) is 17.0 Å². The van der Waals surface area contributed by atoms with Gasteiger partial charge in [0, 0.05) is 25.2 Å². The second kappa shape index (κ2) is 5.58. The molecule has 1 aliphatic heterocycles. The molecule has 2 atom stereocenters. The van der Waals surface area contributed by atoms with Crippen molar-refractivity contribution in [1.29, 1.82) is 0 Å². The molecule has 0 aromatic heterocycles. The summed E-state index contributed by atoms with van der Waals surface area (Å²) >= 11 is 0. The number of nitrogens with zero attached hydrogens (tertiary/aromatic N) is 1. The van der Waals surface area contributed by atoms with Crippen LogP contribution in [0.1, 0.15) is 19.4 Å². The fourth-order valence-electron chi connectivity index (χ4n) is 2.53. The predicted octanol–water partition coefficient (Wildman–Crippen LogP) is 2.08. The summed E-state index contributed by atoms with van der Waals surface area (Å²) in [7, 11) is -3.80. The van der Waals surface area contributed by atoms with Gasteiger partial charge in [0.2, 0.25) is 10.0 Å². The van der Waals surface area contributed by atoms with Crippen molar-refractivity contribution < 1.29 is 21.6 Å². The molecule has 8 heteroatoms. The first-order valence-electron chi connectivity index (χ1n) is 6.55. The van der Waals surface area contributed by atoms with Crippen LogP contribution in [-0.4, -0.2) is 37.9 Å². The Morgan fingerprint density at radius 1 is 1.10 bits per heavy atom. The standard InChI is InChI=1S/C13H17F3N2O2S/c1-9-7-17-8-10(2)18(9)21(19,20)12-5-3-11(4-6-12)13(14,15)16/h3-6,9-10,17H,7-8H2,1-2H3. The lowest BCUT2D eigenvalue weighted by atomic mass is 10.2. The van der Waals surface area contributed by atoms with Gasteiger partial charge in [0.05, 0.1) is 10.5 Å². The number of benzene rings is 1. The Labute approximate surface area is 122 Å². The Bertz CT molecular complexity index is 589. The summed E-state index contributed by atoms with van der Waals surface area (Å²) in [4.78, 5) is -0.115. The second-order valence-electron chi connectivity index (χ2n) is 5.21. The maximum atomic E-state index is 12.6. The van der Waals surface area contributed by atoms with Gasteiger partial charge < -0.3 is 5.32 Å². The lowest BCUT2D eigenvalue weighted by molar-refractivity contribution is -0.137. The molecule has 1 heterocycles. The number of hydrogen-bond donors (Lipinski definition) is 1.